The molecule has 1 N–H and O–H groups in total. The van der Waals surface area contributed by atoms with Crippen molar-refractivity contribution in [2.75, 3.05) is 27.2 Å². The molecule has 1 atom stereocenters. The zero-order valence-electron chi connectivity index (χ0n) is 20.8. The summed E-state index contributed by atoms with van der Waals surface area (Å²) in [7, 11) is 3.92. The normalized spacial score (nSPS) is 17.1. The van der Waals surface area contributed by atoms with Crippen LogP contribution in [-0.4, -0.2) is 58.8 Å². The van der Waals surface area contributed by atoms with Gasteiger partial charge in [-0.1, -0.05) is 24.3 Å². The Morgan fingerprint density at radius 3 is 2.39 bits per heavy atom. The molecule has 1 fully saturated rings. The zero-order chi connectivity index (χ0) is 25.7. The van der Waals surface area contributed by atoms with E-state index in [-0.39, 0.29) is 11.3 Å². The van der Waals surface area contributed by atoms with E-state index in [9.17, 15) is 14.7 Å². The van der Waals surface area contributed by atoms with Gasteiger partial charge in [0.1, 0.15) is 18.1 Å². The number of aliphatic hydroxyl groups excluding tert-OH is 1. The Morgan fingerprint density at radius 2 is 1.72 bits per heavy atom. The van der Waals surface area contributed by atoms with Crippen LogP contribution >= 0.6 is 0 Å². The van der Waals surface area contributed by atoms with Crippen molar-refractivity contribution in [3.8, 4) is 5.75 Å². The molecule has 4 rings (SSSR count). The number of hydrogen-bond donors (Lipinski definition) is 1. The van der Waals surface area contributed by atoms with Crippen LogP contribution < -0.4 is 4.74 Å². The summed E-state index contributed by atoms with van der Waals surface area (Å²) in [5, 5.41) is 11.2. The summed E-state index contributed by atoms with van der Waals surface area (Å²) >= 11 is 0. The number of rotatable bonds is 9. The first-order chi connectivity index (χ1) is 17.4. The van der Waals surface area contributed by atoms with Gasteiger partial charge in [0.2, 0.25) is 0 Å². The molecule has 0 unspecified atom stereocenters. The second-order valence-electron chi connectivity index (χ2n) is 9.17. The summed E-state index contributed by atoms with van der Waals surface area (Å²) < 4.78 is 5.90. The number of carbonyl (C=O) groups excluding carboxylic acids is 2. The highest BCUT2D eigenvalue weighted by Crippen LogP contribution is 2.39. The number of aryl methyl sites for hydroxylation is 1. The van der Waals surface area contributed by atoms with Gasteiger partial charge in [-0.05, 0) is 87.1 Å². The van der Waals surface area contributed by atoms with E-state index in [0.717, 1.165) is 23.2 Å². The monoisotopic (exact) mass is 485 g/mol. The minimum absolute atomic E-state index is 0.0876. The van der Waals surface area contributed by atoms with E-state index in [1.807, 2.05) is 50.2 Å². The van der Waals surface area contributed by atoms with E-state index in [2.05, 4.69) is 4.98 Å². The Kier molecular flexibility index (Phi) is 7.80. The first-order valence-corrected chi connectivity index (χ1v) is 12.0. The molecule has 1 saturated heterocycles. The lowest BCUT2D eigenvalue weighted by Crippen LogP contribution is -2.32. The van der Waals surface area contributed by atoms with Gasteiger partial charge in [-0.3, -0.25) is 14.6 Å². The molecule has 1 amide bonds. The summed E-state index contributed by atoms with van der Waals surface area (Å²) in [5.74, 6) is -0.838. The van der Waals surface area contributed by atoms with Gasteiger partial charge in [0.05, 0.1) is 11.6 Å². The second-order valence-corrected chi connectivity index (χ2v) is 9.17. The van der Waals surface area contributed by atoms with Gasteiger partial charge in [0.15, 0.2) is 0 Å². The van der Waals surface area contributed by atoms with E-state index in [1.165, 1.54) is 0 Å². The Hall–Kier alpha value is -3.97. The number of ketones is 1. The van der Waals surface area contributed by atoms with Crippen LogP contribution in [0.3, 0.4) is 0 Å². The summed E-state index contributed by atoms with van der Waals surface area (Å²) in [6.07, 6.45) is 3.94. The predicted molar refractivity (Wildman–Crippen MR) is 138 cm³/mol. The van der Waals surface area contributed by atoms with Crippen LogP contribution in [0.15, 0.2) is 78.6 Å². The minimum atomic E-state index is -0.681. The molecule has 1 aliphatic rings. The fourth-order valence-corrected chi connectivity index (χ4v) is 4.36. The number of Topliss-reactive ketones (excluding diaryl/α,β-unsaturated/α-hetero) is 1. The first kappa shape index (κ1) is 25.1. The number of nitrogens with zero attached hydrogens (tertiary/aromatic N) is 3. The molecule has 1 aromatic heterocycles. The van der Waals surface area contributed by atoms with Gasteiger partial charge < -0.3 is 19.6 Å². The van der Waals surface area contributed by atoms with Crippen molar-refractivity contribution in [2.45, 2.75) is 26.0 Å². The number of likely N-dealkylation sites (tertiary alicyclic amines) is 1. The van der Waals surface area contributed by atoms with Crippen LogP contribution in [0.25, 0.3) is 5.76 Å². The van der Waals surface area contributed by atoms with Crippen molar-refractivity contribution in [3.63, 3.8) is 0 Å². The number of amides is 1. The highest BCUT2D eigenvalue weighted by molar-refractivity contribution is 6.46. The minimum Gasteiger partial charge on any atom is -0.507 e. The summed E-state index contributed by atoms with van der Waals surface area (Å²) in [6, 6.07) is 17.8. The number of pyridine rings is 1. The number of hydrogen-bond acceptors (Lipinski definition) is 6. The fraction of sp³-hybridized carbons (Fsp3) is 0.276. The number of aliphatic hydroxyl groups is 1. The SMILES string of the molecule is Cc1ccccc1COc1ccc(C(O)=C2C(=O)C(=O)N(CCCN(C)C)[C@@H]2c2ccncc2)cc1. The molecule has 0 bridgehead atoms. The van der Waals surface area contributed by atoms with E-state index in [1.54, 1.807) is 53.7 Å². The topological polar surface area (TPSA) is 83.0 Å². The Bertz CT molecular complexity index is 1250. The van der Waals surface area contributed by atoms with Gasteiger partial charge >= 0.3 is 0 Å². The largest absolute Gasteiger partial charge is 0.507 e. The van der Waals surface area contributed by atoms with Crippen molar-refractivity contribution >= 4 is 17.4 Å². The molecule has 1 aliphatic heterocycles. The first-order valence-electron chi connectivity index (χ1n) is 12.0. The van der Waals surface area contributed by atoms with Crippen molar-refractivity contribution in [2.24, 2.45) is 0 Å². The molecular formula is C29H31N3O4. The molecule has 0 saturated carbocycles. The van der Waals surface area contributed by atoms with Crippen molar-refractivity contribution in [1.29, 1.82) is 0 Å². The smallest absolute Gasteiger partial charge is 0.295 e. The van der Waals surface area contributed by atoms with Gasteiger partial charge in [-0.25, -0.2) is 0 Å². The van der Waals surface area contributed by atoms with Gasteiger partial charge in [0.25, 0.3) is 11.7 Å². The fourth-order valence-electron chi connectivity index (χ4n) is 4.36. The van der Waals surface area contributed by atoms with Crippen LogP contribution in [0, 0.1) is 6.92 Å². The Labute approximate surface area is 211 Å². The number of ether oxygens (including phenoxy) is 1. The molecule has 2 heterocycles. The Balaban J connectivity index is 1.61. The highest BCUT2D eigenvalue weighted by atomic mass is 16.5. The maximum absolute atomic E-state index is 13.1. The lowest BCUT2D eigenvalue weighted by atomic mass is 9.96. The van der Waals surface area contributed by atoms with E-state index >= 15 is 0 Å². The summed E-state index contributed by atoms with van der Waals surface area (Å²) in [5.41, 5.74) is 3.51. The second kappa shape index (κ2) is 11.2. The quantitative estimate of drug-likeness (QED) is 0.276. The summed E-state index contributed by atoms with van der Waals surface area (Å²) in [6.45, 7) is 3.64. The van der Waals surface area contributed by atoms with Crippen molar-refractivity contribution < 1.29 is 19.4 Å². The molecule has 7 heteroatoms. The molecule has 36 heavy (non-hydrogen) atoms. The zero-order valence-corrected chi connectivity index (χ0v) is 20.8. The highest BCUT2D eigenvalue weighted by Gasteiger charge is 2.45. The lowest BCUT2D eigenvalue weighted by Gasteiger charge is -2.25. The third-order valence-electron chi connectivity index (χ3n) is 6.35. The third-order valence-corrected chi connectivity index (χ3v) is 6.35. The predicted octanol–water partition coefficient (Wildman–Crippen LogP) is 4.34. The maximum atomic E-state index is 13.1. The van der Waals surface area contributed by atoms with Crippen LogP contribution in [0.5, 0.6) is 5.75 Å². The molecule has 0 aliphatic carbocycles. The average molecular weight is 486 g/mol. The van der Waals surface area contributed by atoms with Gasteiger partial charge in [-0.2, -0.15) is 0 Å². The summed E-state index contributed by atoms with van der Waals surface area (Å²) in [4.78, 5) is 33.7. The van der Waals surface area contributed by atoms with E-state index in [4.69, 9.17) is 4.74 Å². The molecule has 7 nitrogen and oxygen atoms in total. The number of benzene rings is 2. The average Bonchev–Trinajstić information content (AvgIpc) is 3.13. The molecule has 186 valence electrons. The number of carbonyl (C=O) groups is 2. The molecule has 2 aromatic carbocycles. The van der Waals surface area contributed by atoms with Crippen LogP contribution in [0.2, 0.25) is 0 Å². The molecular weight excluding hydrogens is 454 g/mol. The van der Waals surface area contributed by atoms with Gasteiger partial charge in [-0.15, -0.1) is 0 Å². The maximum Gasteiger partial charge on any atom is 0.295 e. The van der Waals surface area contributed by atoms with E-state index in [0.29, 0.717) is 30.9 Å². The Morgan fingerprint density at radius 1 is 1.03 bits per heavy atom. The van der Waals surface area contributed by atoms with E-state index < -0.39 is 17.7 Å². The lowest BCUT2D eigenvalue weighted by molar-refractivity contribution is -0.139. The van der Waals surface area contributed by atoms with Crippen molar-refractivity contribution in [3.05, 3.63) is 101 Å². The standard InChI is InChI=1S/C29H31N3O4/c1-20-7-4-5-8-23(20)19-36-24-11-9-22(10-12-24)27(33)25-26(21-13-15-30-16-14-21)32(29(35)28(25)34)18-6-17-31(2)3/h4-5,7-16,26,33H,6,17-19H2,1-3H3/t26-/m1/s1. The van der Waals surface area contributed by atoms with Crippen LogP contribution in [0.1, 0.15) is 34.7 Å². The van der Waals surface area contributed by atoms with Crippen molar-refractivity contribution in [1.82, 2.24) is 14.8 Å². The van der Waals surface area contributed by atoms with Gasteiger partial charge in [0, 0.05) is 24.5 Å². The van der Waals surface area contributed by atoms with Crippen LogP contribution in [-0.2, 0) is 16.2 Å². The molecule has 0 spiro atoms. The third kappa shape index (κ3) is 5.47. The van der Waals surface area contributed by atoms with Crippen LogP contribution in [0.4, 0.5) is 0 Å². The number of aromatic nitrogens is 1. The molecule has 3 aromatic rings. The molecule has 0 radical (unpaired) electrons.